The molecule has 0 aliphatic carbocycles. The maximum Gasteiger partial charge on any atom is 0.289 e. The van der Waals surface area contributed by atoms with Crippen LogP contribution in [0, 0.1) is 11.6 Å². The maximum atomic E-state index is 13.8. The molecule has 1 aromatic heterocycles. The van der Waals surface area contributed by atoms with Gasteiger partial charge in [0.25, 0.3) is 5.76 Å². The summed E-state index contributed by atoms with van der Waals surface area (Å²) in [6.45, 7) is 0. The molecule has 4 nitrogen and oxygen atoms in total. The third-order valence-corrected chi connectivity index (χ3v) is 5.04. The quantitative estimate of drug-likeness (QED) is 0.350. The molecule has 0 aliphatic rings. The van der Waals surface area contributed by atoms with Gasteiger partial charge in [-0.05, 0) is 24.3 Å². The Hall–Kier alpha value is -2.52. The molecule has 3 rings (SSSR count). The Morgan fingerprint density at radius 1 is 1.24 bits per heavy atom. The molecule has 1 N–H and O–H groups in total. The summed E-state index contributed by atoms with van der Waals surface area (Å²) in [6.07, 6.45) is 1.31. The summed E-state index contributed by atoms with van der Waals surface area (Å²) in [7, 11) is 0. The van der Waals surface area contributed by atoms with Crippen molar-refractivity contribution in [2.75, 3.05) is 5.32 Å². The van der Waals surface area contributed by atoms with Gasteiger partial charge in [-0.2, -0.15) is 8.78 Å². The number of nitrogens with zero attached hydrogens (tertiary/aromatic N) is 1. The van der Waals surface area contributed by atoms with Crippen LogP contribution in [0.1, 0.15) is 12.3 Å². The van der Waals surface area contributed by atoms with Gasteiger partial charge in [-0.25, -0.2) is 13.8 Å². The number of hydrogen-bond donors (Lipinski definition) is 1. The highest BCUT2D eigenvalue weighted by Crippen LogP contribution is 2.37. The molecule has 0 radical (unpaired) electrons. The Kier molecular flexibility index (Phi) is 6.81. The number of carbonyl (C=O) groups excluding carboxylic acids is 1. The lowest BCUT2D eigenvalue weighted by molar-refractivity contribution is -0.116. The Labute approximate surface area is 172 Å². The van der Waals surface area contributed by atoms with Gasteiger partial charge in [0.05, 0.1) is 27.4 Å². The van der Waals surface area contributed by atoms with Crippen LogP contribution in [0.25, 0.3) is 11.3 Å². The fourth-order valence-electron chi connectivity index (χ4n) is 2.49. The van der Waals surface area contributed by atoms with E-state index in [2.05, 4.69) is 10.3 Å². The molecule has 0 spiro atoms. The lowest BCUT2D eigenvalue weighted by atomic mass is 10.2. The molecule has 0 saturated heterocycles. The van der Waals surface area contributed by atoms with Crippen LogP contribution in [-0.2, 0) is 11.2 Å². The number of rotatable bonds is 7. The van der Waals surface area contributed by atoms with Gasteiger partial charge < -0.3 is 9.73 Å². The van der Waals surface area contributed by atoms with Crippen LogP contribution in [0.5, 0.6) is 0 Å². The van der Waals surface area contributed by atoms with Crippen LogP contribution in [0.4, 0.5) is 23.2 Å². The summed E-state index contributed by atoms with van der Waals surface area (Å²) in [5.74, 6) is -4.39. The van der Waals surface area contributed by atoms with E-state index >= 15 is 0 Å². The molecular formula is C19H13ClF4N2O2S. The number of thioether (sulfide) groups is 1. The van der Waals surface area contributed by atoms with Crippen molar-refractivity contribution in [1.29, 1.82) is 0 Å². The zero-order chi connectivity index (χ0) is 21.0. The number of aryl methyl sites for hydroxylation is 1. The Balaban J connectivity index is 1.64. The number of amides is 1. The van der Waals surface area contributed by atoms with Gasteiger partial charge >= 0.3 is 0 Å². The number of alkyl halides is 2. The molecule has 152 valence electrons. The highest BCUT2D eigenvalue weighted by atomic mass is 35.5. The molecule has 29 heavy (non-hydrogen) atoms. The summed E-state index contributed by atoms with van der Waals surface area (Å²) in [4.78, 5) is 16.2. The van der Waals surface area contributed by atoms with E-state index in [4.69, 9.17) is 16.0 Å². The third kappa shape index (κ3) is 5.51. The maximum absolute atomic E-state index is 13.8. The summed E-state index contributed by atoms with van der Waals surface area (Å²) in [6, 6.07) is 7.49. The first-order chi connectivity index (χ1) is 13.8. The largest absolute Gasteiger partial charge is 0.441 e. The normalized spacial score (nSPS) is 11.1. The van der Waals surface area contributed by atoms with E-state index in [1.54, 1.807) is 0 Å². The summed E-state index contributed by atoms with van der Waals surface area (Å²) in [5.41, 5.74) is 0.219. The van der Waals surface area contributed by atoms with E-state index in [-0.39, 0.29) is 57.4 Å². The predicted octanol–water partition coefficient (Wildman–Crippen LogP) is 6.16. The van der Waals surface area contributed by atoms with Gasteiger partial charge in [0, 0.05) is 18.9 Å². The van der Waals surface area contributed by atoms with Gasteiger partial charge in [-0.15, -0.1) is 0 Å². The third-order valence-electron chi connectivity index (χ3n) is 3.76. The van der Waals surface area contributed by atoms with E-state index in [0.29, 0.717) is 0 Å². The molecular weight excluding hydrogens is 432 g/mol. The molecule has 1 heterocycles. The van der Waals surface area contributed by atoms with Crippen molar-refractivity contribution in [3.8, 4) is 11.3 Å². The average molecular weight is 445 g/mol. The van der Waals surface area contributed by atoms with Gasteiger partial charge in [0.2, 0.25) is 5.91 Å². The topological polar surface area (TPSA) is 55.1 Å². The summed E-state index contributed by atoms with van der Waals surface area (Å²) >= 11 is 6.17. The SMILES string of the molecule is O=C(CCc1ncc(-c2ccc(F)cc2F)o1)Nc1cccc(Cl)c1SC(F)F. The van der Waals surface area contributed by atoms with Gasteiger partial charge in [-0.1, -0.05) is 29.4 Å². The predicted molar refractivity (Wildman–Crippen MR) is 102 cm³/mol. The number of hydrogen-bond acceptors (Lipinski definition) is 4. The van der Waals surface area contributed by atoms with Crippen LogP contribution in [0.2, 0.25) is 5.02 Å². The number of halogens is 5. The van der Waals surface area contributed by atoms with Crippen LogP contribution in [0.15, 0.2) is 51.9 Å². The molecule has 0 atom stereocenters. The number of nitrogens with one attached hydrogen (secondary N) is 1. The molecule has 3 aromatic rings. The van der Waals surface area contributed by atoms with Crippen molar-refractivity contribution in [3.63, 3.8) is 0 Å². The Morgan fingerprint density at radius 2 is 2.03 bits per heavy atom. The lowest BCUT2D eigenvalue weighted by Crippen LogP contribution is -2.13. The Bertz CT molecular complexity index is 1030. The van der Waals surface area contributed by atoms with Crippen molar-refractivity contribution in [3.05, 3.63) is 65.1 Å². The minimum atomic E-state index is -2.69. The van der Waals surface area contributed by atoms with Crippen LogP contribution in [-0.4, -0.2) is 16.6 Å². The summed E-state index contributed by atoms with van der Waals surface area (Å²) in [5, 5.41) is 2.64. The van der Waals surface area contributed by atoms with E-state index in [1.165, 1.54) is 30.5 Å². The number of carbonyl (C=O) groups is 1. The smallest absolute Gasteiger partial charge is 0.289 e. The fourth-order valence-corrected chi connectivity index (χ4v) is 3.40. The van der Waals surface area contributed by atoms with E-state index < -0.39 is 23.3 Å². The Morgan fingerprint density at radius 3 is 2.76 bits per heavy atom. The first-order valence-electron chi connectivity index (χ1n) is 8.27. The zero-order valence-electron chi connectivity index (χ0n) is 14.6. The standard InChI is InChI=1S/C19H13ClF4N2O2S/c20-12-2-1-3-14(18(12)29-19(23)24)26-16(27)6-7-17-25-9-15(28-17)11-5-4-10(21)8-13(11)22/h1-5,8-9,19H,6-7H2,(H,26,27). The second-order valence-corrected chi connectivity index (χ2v) is 7.19. The highest BCUT2D eigenvalue weighted by molar-refractivity contribution is 7.99. The molecule has 0 fully saturated rings. The molecule has 10 heteroatoms. The molecule has 0 unspecified atom stereocenters. The minimum Gasteiger partial charge on any atom is -0.441 e. The monoisotopic (exact) mass is 444 g/mol. The van der Waals surface area contributed by atoms with Crippen molar-refractivity contribution in [2.45, 2.75) is 23.5 Å². The van der Waals surface area contributed by atoms with Crippen LogP contribution >= 0.6 is 23.4 Å². The zero-order valence-corrected chi connectivity index (χ0v) is 16.2. The van der Waals surface area contributed by atoms with Crippen molar-refractivity contribution in [1.82, 2.24) is 4.98 Å². The van der Waals surface area contributed by atoms with Crippen LogP contribution in [0.3, 0.4) is 0 Å². The molecule has 0 bridgehead atoms. The highest BCUT2D eigenvalue weighted by Gasteiger charge is 2.17. The van der Waals surface area contributed by atoms with Gasteiger partial charge in [0.15, 0.2) is 11.7 Å². The van der Waals surface area contributed by atoms with E-state index in [9.17, 15) is 22.4 Å². The first-order valence-corrected chi connectivity index (χ1v) is 9.52. The molecule has 2 aromatic carbocycles. The first kappa shape index (κ1) is 21.2. The number of anilines is 1. The van der Waals surface area contributed by atoms with E-state index in [0.717, 1.165) is 12.1 Å². The molecule has 1 amide bonds. The number of oxazole rings is 1. The second kappa shape index (κ2) is 9.32. The van der Waals surface area contributed by atoms with E-state index in [1.807, 2.05) is 0 Å². The van der Waals surface area contributed by atoms with Crippen molar-refractivity contribution in [2.24, 2.45) is 0 Å². The average Bonchev–Trinajstić information content (AvgIpc) is 3.11. The number of aromatic nitrogens is 1. The van der Waals surface area contributed by atoms with Crippen molar-refractivity contribution >= 4 is 35.0 Å². The fraction of sp³-hybridized carbons (Fsp3) is 0.158. The van der Waals surface area contributed by atoms with Crippen LogP contribution < -0.4 is 5.32 Å². The molecule has 0 saturated carbocycles. The lowest BCUT2D eigenvalue weighted by Gasteiger charge is -2.11. The van der Waals surface area contributed by atoms with Crippen molar-refractivity contribution < 1.29 is 26.8 Å². The molecule has 0 aliphatic heterocycles. The minimum absolute atomic E-state index is 0.0437. The summed E-state index contributed by atoms with van der Waals surface area (Å²) < 4.78 is 57.6. The second-order valence-electron chi connectivity index (χ2n) is 5.79. The number of benzene rings is 2. The van der Waals surface area contributed by atoms with Gasteiger partial charge in [-0.3, -0.25) is 4.79 Å². The van der Waals surface area contributed by atoms with Gasteiger partial charge in [0.1, 0.15) is 11.6 Å².